The van der Waals surface area contributed by atoms with Gasteiger partial charge in [0.05, 0.1) is 0 Å². The number of carbonyl (C=O) groups excluding carboxylic acids is 2. The highest BCUT2D eigenvalue weighted by Gasteiger charge is 2.30. The van der Waals surface area contributed by atoms with Gasteiger partial charge in [-0.05, 0) is 42.9 Å². The van der Waals surface area contributed by atoms with E-state index in [1.54, 1.807) is 23.1 Å². The summed E-state index contributed by atoms with van der Waals surface area (Å²) in [4.78, 5) is 26.5. The van der Waals surface area contributed by atoms with Crippen LogP contribution in [0.2, 0.25) is 0 Å². The van der Waals surface area contributed by atoms with Gasteiger partial charge in [0.25, 0.3) is 5.91 Å². The number of likely N-dealkylation sites (tertiary alicyclic amines) is 1. The van der Waals surface area contributed by atoms with Crippen molar-refractivity contribution in [2.75, 3.05) is 26.3 Å². The molecule has 1 saturated heterocycles. The summed E-state index contributed by atoms with van der Waals surface area (Å²) in [5.41, 5.74) is 1.34. The van der Waals surface area contributed by atoms with Crippen molar-refractivity contribution in [2.45, 2.75) is 25.4 Å². The molecule has 0 spiro atoms. The molecule has 1 atom stereocenters. The highest BCUT2D eigenvalue weighted by atomic mass is 16.6. The lowest BCUT2D eigenvalue weighted by Crippen LogP contribution is -2.43. The van der Waals surface area contributed by atoms with Crippen molar-refractivity contribution in [3.8, 4) is 11.5 Å². The summed E-state index contributed by atoms with van der Waals surface area (Å²) in [5, 5.41) is 0. The van der Waals surface area contributed by atoms with Crippen molar-refractivity contribution >= 4 is 11.9 Å². The third kappa shape index (κ3) is 4.88. The molecule has 29 heavy (non-hydrogen) atoms. The summed E-state index contributed by atoms with van der Waals surface area (Å²) < 4.78 is 16.3. The molecule has 1 amide bonds. The second-order valence-corrected chi connectivity index (χ2v) is 7.49. The number of esters is 1. The Labute approximate surface area is 170 Å². The number of ether oxygens (including phenoxy) is 3. The van der Waals surface area contributed by atoms with E-state index in [2.05, 4.69) is 24.3 Å². The lowest BCUT2D eigenvalue weighted by Gasteiger charge is -2.32. The minimum atomic E-state index is -0.852. The molecule has 6 nitrogen and oxygen atoms in total. The molecule has 2 aromatic carbocycles. The number of rotatable bonds is 5. The molecule has 0 aliphatic carbocycles. The second kappa shape index (κ2) is 8.99. The molecule has 0 aromatic heterocycles. The number of piperidine rings is 1. The third-order valence-corrected chi connectivity index (χ3v) is 5.44. The van der Waals surface area contributed by atoms with Crippen molar-refractivity contribution in [3.63, 3.8) is 0 Å². The van der Waals surface area contributed by atoms with Gasteiger partial charge in [-0.3, -0.25) is 4.79 Å². The SMILES string of the molecule is O=C(OCC(=O)N1CCC(Cc2ccccc2)CC1)[C@@H]1COc2ccccc2O1. The number of hydrogen-bond acceptors (Lipinski definition) is 5. The summed E-state index contributed by atoms with van der Waals surface area (Å²) in [6.45, 7) is 1.22. The molecule has 0 radical (unpaired) electrons. The van der Waals surface area contributed by atoms with E-state index in [0.29, 0.717) is 30.5 Å². The Balaban J connectivity index is 1.20. The molecule has 2 aliphatic heterocycles. The number of hydrogen-bond donors (Lipinski definition) is 0. The van der Waals surface area contributed by atoms with Gasteiger partial charge in [-0.2, -0.15) is 0 Å². The normalized spacial score (nSPS) is 18.9. The fourth-order valence-corrected chi connectivity index (χ4v) is 3.79. The predicted octanol–water partition coefficient (Wildman–Crippen LogP) is 2.85. The van der Waals surface area contributed by atoms with E-state index >= 15 is 0 Å². The summed E-state index contributed by atoms with van der Waals surface area (Å²) in [7, 11) is 0. The standard InChI is InChI=1S/C23H25NO5/c25-22(24-12-10-18(11-13-24)14-17-6-2-1-3-7-17)16-28-23(26)21-15-27-19-8-4-5-9-20(19)29-21/h1-9,18,21H,10-16H2/t21-/m0/s1. The van der Waals surface area contributed by atoms with Crippen molar-refractivity contribution in [1.29, 1.82) is 0 Å². The maximum absolute atomic E-state index is 12.4. The topological polar surface area (TPSA) is 65.1 Å². The molecule has 152 valence electrons. The van der Waals surface area contributed by atoms with Crippen LogP contribution in [0, 0.1) is 5.92 Å². The van der Waals surface area contributed by atoms with Crippen molar-refractivity contribution < 1.29 is 23.8 Å². The Hall–Kier alpha value is -3.02. The summed E-state index contributed by atoms with van der Waals surface area (Å²) >= 11 is 0. The quantitative estimate of drug-likeness (QED) is 0.729. The highest BCUT2D eigenvalue weighted by Crippen LogP contribution is 2.31. The molecule has 0 unspecified atom stereocenters. The molecule has 4 rings (SSSR count). The van der Waals surface area contributed by atoms with Crippen LogP contribution in [-0.2, 0) is 20.7 Å². The molecule has 0 N–H and O–H groups in total. The van der Waals surface area contributed by atoms with E-state index < -0.39 is 12.1 Å². The maximum Gasteiger partial charge on any atom is 0.351 e. The Bertz CT molecular complexity index is 845. The van der Waals surface area contributed by atoms with E-state index in [1.807, 2.05) is 12.1 Å². The minimum Gasteiger partial charge on any atom is -0.485 e. The summed E-state index contributed by atoms with van der Waals surface area (Å²) in [5.74, 6) is 0.954. The number of benzene rings is 2. The van der Waals surface area contributed by atoms with Gasteiger partial charge >= 0.3 is 5.97 Å². The zero-order valence-electron chi connectivity index (χ0n) is 16.3. The summed E-state index contributed by atoms with van der Waals surface area (Å²) in [6, 6.07) is 17.6. The van der Waals surface area contributed by atoms with Gasteiger partial charge in [0.2, 0.25) is 6.10 Å². The smallest absolute Gasteiger partial charge is 0.351 e. The van der Waals surface area contributed by atoms with Gasteiger partial charge in [-0.15, -0.1) is 0 Å². The molecule has 2 heterocycles. The van der Waals surface area contributed by atoms with Crippen LogP contribution in [0.4, 0.5) is 0 Å². The minimum absolute atomic E-state index is 0.0783. The number of fused-ring (bicyclic) bond motifs is 1. The van der Waals surface area contributed by atoms with E-state index in [9.17, 15) is 9.59 Å². The zero-order chi connectivity index (χ0) is 20.1. The molecule has 2 aromatic rings. The van der Waals surface area contributed by atoms with Gasteiger partial charge < -0.3 is 19.1 Å². The Morgan fingerprint density at radius 3 is 2.41 bits per heavy atom. The maximum atomic E-state index is 12.4. The van der Waals surface area contributed by atoms with E-state index in [4.69, 9.17) is 14.2 Å². The highest BCUT2D eigenvalue weighted by molar-refractivity contribution is 5.82. The van der Waals surface area contributed by atoms with E-state index in [-0.39, 0.29) is 19.1 Å². The first-order chi connectivity index (χ1) is 14.2. The Kier molecular flexibility index (Phi) is 5.98. The number of nitrogens with zero attached hydrogens (tertiary/aromatic N) is 1. The van der Waals surface area contributed by atoms with E-state index in [1.165, 1.54) is 5.56 Å². The molecule has 0 saturated carbocycles. The predicted molar refractivity (Wildman–Crippen MR) is 107 cm³/mol. The fourth-order valence-electron chi connectivity index (χ4n) is 3.79. The number of para-hydroxylation sites is 2. The third-order valence-electron chi connectivity index (χ3n) is 5.44. The van der Waals surface area contributed by atoms with Crippen LogP contribution < -0.4 is 9.47 Å². The van der Waals surface area contributed by atoms with Crippen LogP contribution in [0.5, 0.6) is 11.5 Å². The van der Waals surface area contributed by atoms with Crippen molar-refractivity contribution in [3.05, 3.63) is 60.2 Å². The van der Waals surface area contributed by atoms with Gasteiger partial charge in [-0.1, -0.05) is 42.5 Å². The van der Waals surface area contributed by atoms with Gasteiger partial charge in [0, 0.05) is 13.1 Å². The Morgan fingerprint density at radius 1 is 0.966 bits per heavy atom. The number of carbonyl (C=O) groups is 2. The average Bonchev–Trinajstić information content (AvgIpc) is 2.78. The first kappa shape index (κ1) is 19.3. The van der Waals surface area contributed by atoms with Crippen LogP contribution in [0.15, 0.2) is 54.6 Å². The summed E-state index contributed by atoms with van der Waals surface area (Å²) in [6.07, 6.45) is 2.11. The lowest BCUT2D eigenvalue weighted by molar-refractivity contribution is -0.160. The van der Waals surface area contributed by atoms with Gasteiger partial charge in [-0.25, -0.2) is 4.79 Å². The molecule has 6 heteroatoms. The van der Waals surface area contributed by atoms with E-state index in [0.717, 1.165) is 19.3 Å². The first-order valence-electron chi connectivity index (χ1n) is 10.1. The molecular weight excluding hydrogens is 370 g/mol. The molecule has 1 fully saturated rings. The van der Waals surface area contributed by atoms with Crippen molar-refractivity contribution in [2.24, 2.45) is 5.92 Å². The van der Waals surface area contributed by atoms with Crippen molar-refractivity contribution in [1.82, 2.24) is 4.90 Å². The fraction of sp³-hybridized carbons (Fsp3) is 0.391. The lowest BCUT2D eigenvalue weighted by atomic mass is 9.90. The Morgan fingerprint density at radius 2 is 1.66 bits per heavy atom. The molecular formula is C23H25NO5. The second-order valence-electron chi connectivity index (χ2n) is 7.49. The molecule has 2 aliphatic rings. The van der Waals surface area contributed by atoms with Crippen LogP contribution in [0.1, 0.15) is 18.4 Å². The zero-order valence-corrected chi connectivity index (χ0v) is 16.3. The number of amides is 1. The first-order valence-corrected chi connectivity index (χ1v) is 10.1. The van der Waals surface area contributed by atoms with Crippen LogP contribution in [-0.4, -0.2) is 49.2 Å². The largest absolute Gasteiger partial charge is 0.485 e. The van der Waals surface area contributed by atoms with Crippen LogP contribution in [0.25, 0.3) is 0 Å². The van der Waals surface area contributed by atoms with Crippen LogP contribution in [0.3, 0.4) is 0 Å². The van der Waals surface area contributed by atoms with Gasteiger partial charge in [0.15, 0.2) is 18.1 Å². The van der Waals surface area contributed by atoms with Gasteiger partial charge in [0.1, 0.15) is 6.61 Å². The monoisotopic (exact) mass is 395 g/mol. The average molecular weight is 395 g/mol. The molecule has 0 bridgehead atoms. The van der Waals surface area contributed by atoms with Crippen LogP contribution >= 0.6 is 0 Å².